The van der Waals surface area contributed by atoms with Crippen LogP contribution in [0.15, 0.2) is 30.3 Å². The molecule has 0 saturated heterocycles. The van der Waals surface area contributed by atoms with E-state index in [0.29, 0.717) is 6.42 Å². The van der Waals surface area contributed by atoms with E-state index in [4.69, 9.17) is 5.73 Å². The first-order valence-electron chi connectivity index (χ1n) is 6.78. The topological polar surface area (TPSA) is 52.3 Å². The van der Waals surface area contributed by atoms with E-state index in [9.17, 15) is 4.79 Å². The third-order valence-electron chi connectivity index (χ3n) is 2.96. The van der Waals surface area contributed by atoms with Crippen molar-refractivity contribution in [2.75, 3.05) is 13.7 Å². The summed E-state index contributed by atoms with van der Waals surface area (Å²) in [7, 11) is 1.42. The second kappa shape index (κ2) is 9.34. The minimum atomic E-state index is -0.163. The molecule has 1 aromatic carbocycles. The average molecular weight is 261 g/mol. The van der Waals surface area contributed by atoms with Gasteiger partial charge in [0.25, 0.3) is 0 Å². The second-order valence-corrected chi connectivity index (χ2v) is 4.50. The molecule has 0 aromatic heterocycles. The number of benzene rings is 1. The number of carbonyl (C=O) groups is 1. The van der Waals surface area contributed by atoms with Gasteiger partial charge in [-0.1, -0.05) is 36.4 Å². The summed E-state index contributed by atoms with van der Waals surface area (Å²) in [4.78, 5) is 11.0. The van der Waals surface area contributed by atoms with Gasteiger partial charge in [-0.05, 0) is 43.4 Å². The van der Waals surface area contributed by atoms with Gasteiger partial charge in [0.15, 0.2) is 0 Å². The fourth-order valence-corrected chi connectivity index (χ4v) is 1.77. The smallest absolute Gasteiger partial charge is 0.305 e. The Morgan fingerprint density at radius 1 is 1.26 bits per heavy atom. The van der Waals surface area contributed by atoms with E-state index in [2.05, 4.69) is 41.2 Å². The highest BCUT2D eigenvalue weighted by molar-refractivity contribution is 5.69. The number of hydrogen-bond acceptors (Lipinski definition) is 3. The number of rotatable bonds is 8. The molecule has 104 valence electrons. The summed E-state index contributed by atoms with van der Waals surface area (Å²) >= 11 is 0. The van der Waals surface area contributed by atoms with Crippen molar-refractivity contribution in [3.05, 3.63) is 41.5 Å². The molecule has 0 aliphatic heterocycles. The minimum absolute atomic E-state index is 0.163. The fourth-order valence-electron chi connectivity index (χ4n) is 1.77. The van der Waals surface area contributed by atoms with Crippen molar-refractivity contribution in [3.8, 4) is 0 Å². The Bertz CT molecular complexity index is 396. The van der Waals surface area contributed by atoms with Gasteiger partial charge in [0, 0.05) is 6.42 Å². The van der Waals surface area contributed by atoms with E-state index in [1.165, 1.54) is 12.7 Å². The molecule has 0 amide bonds. The van der Waals surface area contributed by atoms with E-state index < -0.39 is 0 Å². The van der Waals surface area contributed by atoms with Crippen LogP contribution in [0.2, 0.25) is 0 Å². The number of methoxy groups -OCH3 is 1. The van der Waals surface area contributed by atoms with Crippen LogP contribution < -0.4 is 5.73 Å². The Hall–Kier alpha value is -1.61. The van der Waals surface area contributed by atoms with Crippen LogP contribution in [-0.2, 0) is 16.0 Å². The lowest BCUT2D eigenvalue weighted by atomic mass is 10.1. The summed E-state index contributed by atoms with van der Waals surface area (Å²) < 4.78 is 4.62. The van der Waals surface area contributed by atoms with E-state index in [-0.39, 0.29) is 5.97 Å². The highest BCUT2D eigenvalue weighted by atomic mass is 16.5. The van der Waals surface area contributed by atoms with Crippen LogP contribution in [0, 0.1) is 0 Å². The molecule has 0 heterocycles. The molecule has 3 heteroatoms. The lowest BCUT2D eigenvalue weighted by Crippen LogP contribution is -2.01. The van der Waals surface area contributed by atoms with E-state index in [0.717, 1.165) is 37.8 Å². The van der Waals surface area contributed by atoms with Crippen molar-refractivity contribution in [2.24, 2.45) is 5.73 Å². The van der Waals surface area contributed by atoms with E-state index in [1.54, 1.807) is 0 Å². The zero-order valence-corrected chi connectivity index (χ0v) is 11.6. The Morgan fingerprint density at radius 2 is 2.00 bits per heavy atom. The third-order valence-corrected chi connectivity index (χ3v) is 2.96. The zero-order valence-electron chi connectivity index (χ0n) is 11.6. The molecule has 0 aliphatic carbocycles. The molecular formula is C16H23NO2. The van der Waals surface area contributed by atoms with Gasteiger partial charge in [-0.2, -0.15) is 0 Å². The van der Waals surface area contributed by atoms with Gasteiger partial charge < -0.3 is 10.5 Å². The lowest BCUT2D eigenvalue weighted by molar-refractivity contribution is -0.140. The molecule has 0 fully saturated rings. The molecule has 0 spiro atoms. The van der Waals surface area contributed by atoms with Gasteiger partial charge in [-0.15, -0.1) is 0 Å². The van der Waals surface area contributed by atoms with Crippen molar-refractivity contribution >= 4 is 12.0 Å². The summed E-state index contributed by atoms with van der Waals surface area (Å²) in [5, 5.41) is 0. The number of aryl methyl sites for hydroxylation is 1. The quantitative estimate of drug-likeness (QED) is 0.578. The Balaban J connectivity index is 2.36. The standard InChI is InChI=1S/C16H23NO2/c1-19-16(18)12-11-15-9-7-14(8-10-15)6-4-2-3-5-13-17/h4,6-10H,2-3,5,11-13,17H2,1H3/b6-4+. The summed E-state index contributed by atoms with van der Waals surface area (Å²) in [6.45, 7) is 0.767. The van der Waals surface area contributed by atoms with Gasteiger partial charge in [0.1, 0.15) is 0 Å². The van der Waals surface area contributed by atoms with Gasteiger partial charge in [0.2, 0.25) is 0 Å². The maximum absolute atomic E-state index is 11.0. The highest BCUT2D eigenvalue weighted by Gasteiger charge is 2.00. The van der Waals surface area contributed by atoms with Crippen molar-refractivity contribution in [3.63, 3.8) is 0 Å². The van der Waals surface area contributed by atoms with Crippen molar-refractivity contribution < 1.29 is 9.53 Å². The number of esters is 1. The predicted octanol–water partition coefficient (Wildman–Crippen LogP) is 2.93. The van der Waals surface area contributed by atoms with Gasteiger partial charge in [-0.3, -0.25) is 4.79 Å². The number of allylic oxidation sites excluding steroid dienone is 1. The first kappa shape index (κ1) is 15.4. The van der Waals surface area contributed by atoms with Crippen LogP contribution in [0.1, 0.15) is 36.8 Å². The Kier molecular flexibility index (Phi) is 7.59. The molecule has 3 nitrogen and oxygen atoms in total. The molecule has 0 aliphatic rings. The Labute approximate surface area is 115 Å². The lowest BCUT2D eigenvalue weighted by Gasteiger charge is -2.01. The van der Waals surface area contributed by atoms with Crippen LogP contribution >= 0.6 is 0 Å². The average Bonchev–Trinajstić information content (AvgIpc) is 2.45. The second-order valence-electron chi connectivity index (χ2n) is 4.50. The minimum Gasteiger partial charge on any atom is -0.469 e. The molecule has 1 aromatic rings. The maximum Gasteiger partial charge on any atom is 0.305 e. The predicted molar refractivity (Wildman–Crippen MR) is 78.7 cm³/mol. The monoisotopic (exact) mass is 261 g/mol. The van der Waals surface area contributed by atoms with Crippen LogP contribution in [-0.4, -0.2) is 19.6 Å². The molecule has 1 rings (SSSR count). The molecule has 19 heavy (non-hydrogen) atoms. The van der Waals surface area contributed by atoms with Gasteiger partial charge >= 0.3 is 5.97 Å². The zero-order chi connectivity index (χ0) is 13.9. The highest BCUT2D eigenvalue weighted by Crippen LogP contribution is 2.09. The number of carbonyl (C=O) groups excluding carboxylic acids is 1. The van der Waals surface area contributed by atoms with Crippen LogP contribution in [0.25, 0.3) is 6.08 Å². The normalized spacial score (nSPS) is 10.8. The number of unbranched alkanes of at least 4 members (excludes halogenated alkanes) is 2. The SMILES string of the molecule is COC(=O)CCc1ccc(/C=C/CCCCN)cc1. The van der Waals surface area contributed by atoms with Gasteiger partial charge in [0.05, 0.1) is 7.11 Å². The number of hydrogen-bond donors (Lipinski definition) is 1. The van der Waals surface area contributed by atoms with Crippen LogP contribution in [0.4, 0.5) is 0 Å². The van der Waals surface area contributed by atoms with Crippen molar-refractivity contribution in [2.45, 2.75) is 32.1 Å². The van der Waals surface area contributed by atoms with Crippen LogP contribution in [0.3, 0.4) is 0 Å². The fraction of sp³-hybridized carbons (Fsp3) is 0.438. The molecule has 0 atom stereocenters. The molecular weight excluding hydrogens is 238 g/mol. The third kappa shape index (κ3) is 6.77. The molecule has 0 unspecified atom stereocenters. The molecule has 0 radical (unpaired) electrons. The summed E-state index contributed by atoms with van der Waals surface area (Å²) in [6, 6.07) is 8.27. The summed E-state index contributed by atoms with van der Waals surface area (Å²) in [5.41, 5.74) is 7.79. The molecule has 0 saturated carbocycles. The molecule has 2 N–H and O–H groups in total. The van der Waals surface area contributed by atoms with Crippen molar-refractivity contribution in [1.82, 2.24) is 0 Å². The summed E-state index contributed by atoms with van der Waals surface area (Å²) in [6.07, 6.45) is 8.76. The largest absolute Gasteiger partial charge is 0.469 e. The maximum atomic E-state index is 11.0. The van der Waals surface area contributed by atoms with Gasteiger partial charge in [-0.25, -0.2) is 0 Å². The van der Waals surface area contributed by atoms with Crippen molar-refractivity contribution in [1.29, 1.82) is 0 Å². The number of nitrogens with two attached hydrogens (primary N) is 1. The first-order chi connectivity index (χ1) is 9.26. The van der Waals surface area contributed by atoms with Crippen LogP contribution in [0.5, 0.6) is 0 Å². The van der Waals surface area contributed by atoms with E-state index >= 15 is 0 Å². The summed E-state index contributed by atoms with van der Waals surface area (Å²) in [5.74, 6) is -0.163. The first-order valence-corrected chi connectivity index (χ1v) is 6.78. The Morgan fingerprint density at radius 3 is 2.63 bits per heavy atom. The number of ether oxygens (including phenoxy) is 1. The van der Waals surface area contributed by atoms with E-state index in [1.807, 2.05) is 0 Å². The molecule has 0 bridgehead atoms.